The van der Waals surface area contributed by atoms with Gasteiger partial charge >= 0.3 is 0 Å². The molecule has 1 N–H and O–H groups in total. The van der Waals surface area contributed by atoms with E-state index in [4.69, 9.17) is 9.47 Å². The standard InChI is InChI=1S/C20H28N2O3/c1-4-24-12-5-11-22-20(23)18(15-21)14-17-6-8-19(9-7-17)25-13-10-16(2)3/h6-9,14,16H,4-5,10-13H2,1-3H3,(H,22,23)/b18-14+. The highest BCUT2D eigenvalue weighted by molar-refractivity contribution is 6.01. The molecule has 0 radical (unpaired) electrons. The van der Waals surface area contributed by atoms with Crippen LogP contribution in [0.15, 0.2) is 29.8 Å². The summed E-state index contributed by atoms with van der Waals surface area (Å²) in [5, 5.41) is 11.9. The molecule has 1 aromatic rings. The monoisotopic (exact) mass is 344 g/mol. The zero-order chi connectivity index (χ0) is 18.5. The van der Waals surface area contributed by atoms with Gasteiger partial charge in [0.05, 0.1) is 6.61 Å². The first-order chi connectivity index (χ1) is 12.1. The maximum atomic E-state index is 12.0. The van der Waals surface area contributed by atoms with E-state index in [0.29, 0.717) is 32.3 Å². The van der Waals surface area contributed by atoms with E-state index in [0.717, 1.165) is 24.2 Å². The van der Waals surface area contributed by atoms with Gasteiger partial charge in [0, 0.05) is 19.8 Å². The van der Waals surface area contributed by atoms with E-state index in [-0.39, 0.29) is 11.5 Å². The van der Waals surface area contributed by atoms with E-state index in [1.54, 1.807) is 6.08 Å². The molecule has 0 unspecified atom stereocenters. The molecule has 0 spiro atoms. The number of amides is 1. The summed E-state index contributed by atoms with van der Waals surface area (Å²) in [6, 6.07) is 9.32. The van der Waals surface area contributed by atoms with Gasteiger partial charge in [0.2, 0.25) is 0 Å². The number of nitriles is 1. The fraction of sp³-hybridized carbons (Fsp3) is 0.500. The molecule has 5 heteroatoms. The first-order valence-electron chi connectivity index (χ1n) is 8.77. The summed E-state index contributed by atoms with van der Waals surface area (Å²) in [4.78, 5) is 12.0. The summed E-state index contributed by atoms with van der Waals surface area (Å²) in [6.07, 6.45) is 3.31. The predicted octanol–water partition coefficient (Wildman–Crippen LogP) is 3.56. The topological polar surface area (TPSA) is 71.3 Å². The fourth-order valence-corrected chi connectivity index (χ4v) is 2.00. The van der Waals surface area contributed by atoms with Crippen LogP contribution in [0, 0.1) is 17.2 Å². The molecule has 0 saturated carbocycles. The summed E-state index contributed by atoms with van der Waals surface area (Å²) < 4.78 is 10.9. The Labute approximate surface area is 150 Å². The van der Waals surface area contributed by atoms with Crippen molar-refractivity contribution in [1.82, 2.24) is 5.32 Å². The van der Waals surface area contributed by atoms with Gasteiger partial charge in [0.1, 0.15) is 17.4 Å². The van der Waals surface area contributed by atoms with Crippen molar-refractivity contribution in [3.8, 4) is 11.8 Å². The Hall–Kier alpha value is -2.32. The van der Waals surface area contributed by atoms with Crippen molar-refractivity contribution in [2.24, 2.45) is 5.92 Å². The molecule has 136 valence electrons. The zero-order valence-corrected chi connectivity index (χ0v) is 15.4. The number of hydrogen-bond donors (Lipinski definition) is 1. The Morgan fingerprint density at radius 1 is 1.28 bits per heavy atom. The lowest BCUT2D eigenvalue weighted by Crippen LogP contribution is -2.26. The average Bonchev–Trinajstić information content (AvgIpc) is 2.60. The third-order valence-corrected chi connectivity index (χ3v) is 3.48. The molecule has 1 amide bonds. The quantitative estimate of drug-likeness (QED) is 0.378. The molecule has 0 atom stereocenters. The smallest absolute Gasteiger partial charge is 0.261 e. The summed E-state index contributed by atoms with van der Waals surface area (Å²) in [5.74, 6) is 1.03. The number of carbonyl (C=O) groups is 1. The van der Waals surface area contributed by atoms with Gasteiger partial charge in [-0.2, -0.15) is 5.26 Å². The van der Waals surface area contributed by atoms with Crippen molar-refractivity contribution in [2.75, 3.05) is 26.4 Å². The van der Waals surface area contributed by atoms with Crippen molar-refractivity contribution >= 4 is 12.0 Å². The van der Waals surface area contributed by atoms with Crippen LogP contribution in [-0.4, -0.2) is 32.3 Å². The molecule has 25 heavy (non-hydrogen) atoms. The summed E-state index contributed by atoms with van der Waals surface area (Å²) in [5.41, 5.74) is 0.877. The second kappa shape index (κ2) is 12.1. The van der Waals surface area contributed by atoms with Crippen molar-refractivity contribution < 1.29 is 14.3 Å². The maximum Gasteiger partial charge on any atom is 0.261 e. The lowest BCUT2D eigenvalue weighted by Gasteiger charge is -2.08. The van der Waals surface area contributed by atoms with Crippen LogP contribution in [0.5, 0.6) is 5.75 Å². The van der Waals surface area contributed by atoms with Gasteiger partial charge in [-0.15, -0.1) is 0 Å². The highest BCUT2D eigenvalue weighted by Crippen LogP contribution is 2.15. The number of hydrogen-bond acceptors (Lipinski definition) is 4. The molecule has 0 fully saturated rings. The maximum absolute atomic E-state index is 12.0. The van der Waals surface area contributed by atoms with Crippen molar-refractivity contribution in [3.63, 3.8) is 0 Å². The SMILES string of the molecule is CCOCCCNC(=O)/C(C#N)=C/c1ccc(OCCC(C)C)cc1. The van der Waals surface area contributed by atoms with Crippen LogP contribution in [0.4, 0.5) is 0 Å². The number of nitrogens with one attached hydrogen (secondary N) is 1. The largest absolute Gasteiger partial charge is 0.494 e. The van der Waals surface area contributed by atoms with Gasteiger partial charge in [0.25, 0.3) is 5.91 Å². The molecule has 0 aromatic heterocycles. The Bertz CT molecular complexity index is 586. The van der Waals surface area contributed by atoms with Crippen LogP contribution in [-0.2, 0) is 9.53 Å². The third kappa shape index (κ3) is 8.92. The number of nitrogens with zero attached hydrogens (tertiary/aromatic N) is 1. The van der Waals surface area contributed by atoms with Crippen molar-refractivity contribution in [3.05, 3.63) is 35.4 Å². The lowest BCUT2D eigenvalue weighted by molar-refractivity contribution is -0.117. The van der Waals surface area contributed by atoms with Crippen LogP contribution < -0.4 is 10.1 Å². The Kier molecular flexibility index (Phi) is 10.0. The van der Waals surface area contributed by atoms with Gasteiger partial charge in [-0.05, 0) is 49.5 Å². The number of ether oxygens (including phenoxy) is 2. The molecule has 0 bridgehead atoms. The van der Waals surface area contributed by atoms with Gasteiger partial charge in [-0.1, -0.05) is 26.0 Å². The van der Waals surface area contributed by atoms with E-state index in [9.17, 15) is 10.1 Å². The molecule has 0 aliphatic heterocycles. The van der Waals surface area contributed by atoms with E-state index < -0.39 is 0 Å². The minimum Gasteiger partial charge on any atom is -0.494 e. The van der Waals surface area contributed by atoms with E-state index in [2.05, 4.69) is 19.2 Å². The molecule has 1 rings (SSSR count). The Morgan fingerprint density at radius 2 is 2.00 bits per heavy atom. The third-order valence-electron chi connectivity index (χ3n) is 3.48. The minimum atomic E-state index is -0.365. The van der Waals surface area contributed by atoms with Crippen LogP contribution in [0.25, 0.3) is 6.08 Å². The van der Waals surface area contributed by atoms with E-state index >= 15 is 0 Å². The first-order valence-corrected chi connectivity index (χ1v) is 8.77. The molecule has 5 nitrogen and oxygen atoms in total. The molecule has 0 aliphatic rings. The summed E-state index contributed by atoms with van der Waals surface area (Å²) >= 11 is 0. The van der Waals surface area contributed by atoms with E-state index in [1.807, 2.05) is 37.3 Å². The van der Waals surface area contributed by atoms with Crippen LogP contribution in [0.3, 0.4) is 0 Å². The van der Waals surface area contributed by atoms with E-state index in [1.165, 1.54) is 0 Å². The molecular formula is C20H28N2O3. The van der Waals surface area contributed by atoms with Gasteiger partial charge < -0.3 is 14.8 Å². The second-order valence-corrected chi connectivity index (χ2v) is 6.08. The number of benzene rings is 1. The molecule has 0 saturated heterocycles. The molecular weight excluding hydrogens is 316 g/mol. The summed E-state index contributed by atoms with van der Waals surface area (Å²) in [7, 11) is 0. The molecule has 0 heterocycles. The normalized spacial score (nSPS) is 11.2. The lowest BCUT2D eigenvalue weighted by atomic mass is 10.1. The Morgan fingerprint density at radius 3 is 2.60 bits per heavy atom. The number of rotatable bonds is 11. The van der Waals surface area contributed by atoms with Crippen LogP contribution >= 0.6 is 0 Å². The van der Waals surface area contributed by atoms with Gasteiger partial charge in [-0.25, -0.2) is 0 Å². The predicted molar refractivity (Wildman–Crippen MR) is 99.1 cm³/mol. The highest BCUT2D eigenvalue weighted by atomic mass is 16.5. The van der Waals surface area contributed by atoms with Gasteiger partial charge in [0.15, 0.2) is 0 Å². The zero-order valence-electron chi connectivity index (χ0n) is 15.4. The fourth-order valence-electron chi connectivity index (χ4n) is 2.00. The second-order valence-electron chi connectivity index (χ2n) is 6.08. The van der Waals surface area contributed by atoms with Gasteiger partial charge in [-0.3, -0.25) is 4.79 Å². The van der Waals surface area contributed by atoms with Crippen molar-refractivity contribution in [2.45, 2.75) is 33.6 Å². The highest BCUT2D eigenvalue weighted by Gasteiger charge is 2.08. The number of carbonyl (C=O) groups excluding carboxylic acids is 1. The molecule has 0 aliphatic carbocycles. The van der Waals surface area contributed by atoms with Crippen LogP contribution in [0.2, 0.25) is 0 Å². The minimum absolute atomic E-state index is 0.0879. The van der Waals surface area contributed by atoms with Crippen LogP contribution in [0.1, 0.15) is 39.2 Å². The Balaban J connectivity index is 2.54. The molecule has 1 aromatic carbocycles. The van der Waals surface area contributed by atoms with Crippen molar-refractivity contribution in [1.29, 1.82) is 5.26 Å². The average molecular weight is 344 g/mol. The summed E-state index contributed by atoms with van der Waals surface area (Å²) in [6.45, 7) is 8.66. The first kappa shape index (κ1) is 20.7.